The van der Waals surface area contributed by atoms with Crippen LogP contribution in [0.1, 0.15) is 13.3 Å². The molecule has 0 spiro atoms. The van der Waals surface area contributed by atoms with Crippen LogP contribution in [0.5, 0.6) is 0 Å². The van der Waals surface area contributed by atoms with Crippen molar-refractivity contribution in [2.45, 2.75) is 18.2 Å². The summed E-state index contributed by atoms with van der Waals surface area (Å²) in [5.41, 5.74) is 0.552. The fourth-order valence-corrected chi connectivity index (χ4v) is 4.00. The fourth-order valence-electron chi connectivity index (χ4n) is 1.98. The van der Waals surface area contributed by atoms with Crippen LogP contribution < -0.4 is 10.6 Å². The van der Waals surface area contributed by atoms with Crippen LogP contribution in [0.3, 0.4) is 0 Å². The van der Waals surface area contributed by atoms with Crippen molar-refractivity contribution in [2.24, 2.45) is 0 Å². The zero-order valence-electron chi connectivity index (χ0n) is 15.4. The van der Waals surface area contributed by atoms with E-state index in [9.17, 15) is 16.8 Å². The summed E-state index contributed by atoms with van der Waals surface area (Å²) in [5, 5.41) is 6.24. The maximum atomic E-state index is 12.1. The molecule has 0 heterocycles. The van der Waals surface area contributed by atoms with E-state index in [1.54, 1.807) is 26.1 Å². The predicted octanol–water partition coefficient (Wildman–Crippen LogP) is 0.895. The van der Waals surface area contributed by atoms with Crippen LogP contribution in [0.15, 0.2) is 29.2 Å². The lowest BCUT2D eigenvalue weighted by molar-refractivity contribution is 0.462. The van der Waals surface area contributed by atoms with Crippen LogP contribution in [0.2, 0.25) is 0 Å². The van der Waals surface area contributed by atoms with E-state index >= 15 is 0 Å². The minimum Gasteiger partial charge on any atom is -0.362 e. The van der Waals surface area contributed by atoms with Gasteiger partial charge in [0.25, 0.3) is 0 Å². The molecule has 0 atom stereocenters. The molecule has 0 aliphatic rings. The van der Waals surface area contributed by atoms with E-state index in [2.05, 4.69) is 10.6 Å². The van der Waals surface area contributed by atoms with Gasteiger partial charge in [0.05, 0.1) is 10.6 Å². The van der Waals surface area contributed by atoms with Gasteiger partial charge in [-0.25, -0.2) is 25.4 Å². The second kappa shape index (κ2) is 9.60. The largest absolute Gasteiger partial charge is 0.362 e. The molecule has 148 valence electrons. The van der Waals surface area contributed by atoms with Crippen molar-refractivity contribution in [1.29, 1.82) is 0 Å². The number of hydrogen-bond acceptors (Lipinski definition) is 5. The molecule has 0 radical (unpaired) electrons. The van der Waals surface area contributed by atoms with E-state index in [1.165, 1.54) is 30.5 Å². The third-order valence-corrected chi connectivity index (χ3v) is 7.56. The third-order valence-electron chi connectivity index (χ3n) is 3.65. The molecule has 0 saturated heterocycles. The SMILES string of the molecule is CCS(=O)(=O)N(C)CCCNC(=S)Nc1cccc(S(=O)(=O)N(C)C)c1. The van der Waals surface area contributed by atoms with E-state index in [0.717, 1.165) is 4.31 Å². The summed E-state index contributed by atoms with van der Waals surface area (Å²) in [7, 11) is -2.21. The quantitative estimate of drug-likeness (QED) is 0.450. The number of nitrogens with one attached hydrogen (secondary N) is 2. The zero-order valence-corrected chi connectivity index (χ0v) is 17.8. The van der Waals surface area contributed by atoms with Crippen molar-refractivity contribution in [3.63, 3.8) is 0 Å². The first kappa shape index (κ1) is 22.8. The Kier molecular flexibility index (Phi) is 8.41. The molecule has 0 aliphatic carbocycles. The number of anilines is 1. The van der Waals surface area contributed by atoms with E-state index in [0.29, 0.717) is 30.3 Å². The minimum atomic E-state index is -3.51. The highest BCUT2D eigenvalue weighted by Crippen LogP contribution is 2.17. The predicted molar refractivity (Wildman–Crippen MR) is 108 cm³/mol. The van der Waals surface area contributed by atoms with E-state index in [1.807, 2.05) is 0 Å². The van der Waals surface area contributed by atoms with Gasteiger partial charge in [-0.3, -0.25) is 0 Å². The molecule has 1 aromatic carbocycles. The van der Waals surface area contributed by atoms with Gasteiger partial charge in [-0.1, -0.05) is 6.07 Å². The molecular weight excluding hydrogens is 396 g/mol. The van der Waals surface area contributed by atoms with Crippen LogP contribution in [0.25, 0.3) is 0 Å². The highest BCUT2D eigenvalue weighted by Gasteiger charge is 2.17. The number of sulfonamides is 2. The van der Waals surface area contributed by atoms with Gasteiger partial charge in [-0.15, -0.1) is 0 Å². The molecule has 11 heteroatoms. The summed E-state index contributed by atoms with van der Waals surface area (Å²) >= 11 is 5.19. The van der Waals surface area contributed by atoms with Crippen LogP contribution in [-0.4, -0.2) is 70.5 Å². The molecule has 2 N–H and O–H groups in total. The Morgan fingerprint density at radius 1 is 1.15 bits per heavy atom. The molecule has 26 heavy (non-hydrogen) atoms. The molecule has 0 saturated carbocycles. The minimum absolute atomic E-state index is 0.0725. The molecular formula is C15H26N4O4S3. The van der Waals surface area contributed by atoms with Crippen LogP contribution in [0, 0.1) is 0 Å². The van der Waals surface area contributed by atoms with Gasteiger partial charge in [-0.2, -0.15) is 0 Å². The lowest BCUT2D eigenvalue weighted by Crippen LogP contribution is -2.34. The highest BCUT2D eigenvalue weighted by atomic mass is 32.2. The smallest absolute Gasteiger partial charge is 0.242 e. The number of nitrogens with zero attached hydrogens (tertiary/aromatic N) is 2. The van der Waals surface area contributed by atoms with Gasteiger partial charge in [0.1, 0.15) is 0 Å². The second-order valence-corrected chi connectivity index (χ2v) is 10.7. The number of rotatable bonds is 9. The molecule has 0 aliphatic heterocycles. The Morgan fingerprint density at radius 3 is 2.38 bits per heavy atom. The summed E-state index contributed by atoms with van der Waals surface area (Å²) in [6.07, 6.45) is 0.590. The Labute approximate surface area is 161 Å². The molecule has 0 bridgehead atoms. The summed E-state index contributed by atoms with van der Waals surface area (Å²) in [5.74, 6) is 0.0725. The summed E-state index contributed by atoms with van der Waals surface area (Å²) < 4.78 is 50.0. The summed E-state index contributed by atoms with van der Waals surface area (Å²) in [6.45, 7) is 2.49. The monoisotopic (exact) mass is 422 g/mol. The standard InChI is InChI=1S/C15H26N4O4S3/c1-5-25(20,21)19(4)11-7-10-16-15(24)17-13-8-6-9-14(12-13)26(22,23)18(2)3/h6,8-9,12H,5,7,10-11H2,1-4H3,(H2,16,17,24). The lowest BCUT2D eigenvalue weighted by atomic mass is 10.3. The van der Waals surface area contributed by atoms with Crippen molar-refractivity contribution in [3.8, 4) is 0 Å². The first-order valence-electron chi connectivity index (χ1n) is 8.02. The molecule has 0 fully saturated rings. The van der Waals surface area contributed by atoms with E-state index in [-0.39, 0.29) is 10.6 Å². The normalized spacial score (nSPS) is 12.4. The summed E-state index contributed by atoms with van der Waals surface area (Å²) in [4.78, 5) is 0.168. The highest BCUT2D eigenvalue weighted by molar-refractivity contribution is 7.89. The van der Waals surface area contributed by atoms with Crippen LogP contribution in [-0.2, 0) is 20.0 Å². The zero-order chi connectivity index (χ0) is 20.0. The van der Waals surface area contributed by atoms with Gasteiger partial charge >= 0.3 is 0 Å². The first-order chi connectivity index (χ1) is 12.0. The van der Waals surface area contributed by atoms with Crippen molar-refractivity contribution < 1.29 is 16.8 Å². The Hall–Kier alpha value is -1.27. The van der Waals surface area contributed by atoms with Crippen molar-refractivity contribution in [3.05, 3.63) is 24.3 Å². The van der Waals surface area contributed by atoms with Gasteiger partial charge in [-0.05, 0) is 43.8 Å². The Bertz CT molecular complexity index is 823. The van der Waals surface area contributed by atoms with E-state index < -0.39 is 20.0 Å². The summed E-state index contributed by atoms with van der Waals surface area (Å²) in [6, 6.07) is 6.36. The molecule has 1 aromatic rings. The van der Waals surface area contributed by atoms with Gasteiger partial charge in [0.2, 0.25) is 20.0 Å². The topological polar surface area (TPSA) is 98.8 Å². The fraction of sp³-hybridized carbons (Fsp3) is 0.533. The maximum absolute atomic E-state index is 12.1. The number of thiocarbonyl (C=S) groups is 1. The molecule has 0 amide bonds. The molecule has 1 rings (SSSR count). The average Bonchev–Trinajstić information content (AvgIpc) is 2.58. The Balaban J connectivity index is 2.55. The van der Waals surface area contributed by atoms with Crippen LogP contribution in [0.4, 0.5) is 5.69 Å². The van der Waals surface area contributed by atoms with Gasteiger partial charge < -0.3 is 10.6 Å². The van der Waals surface area contributed by atoms with Crippen LogP contribution >= 0.6 is 12.2 Å². The molecule has 8 nitrogen and oxygen atoms in total. The maximum Gasteiger partial charge on any atom is 0.242 e. The van der Waals surface area contributed by atoms with Gasteiger partial charge in [0, 0.05) is 39.9 Å². The van der Waals surface area contributed by atoms with Gasteiger partial charge in [0.15, 0.2) is 5.11 Å². The number of benzene rings is 1. The molecule has 0 unspecified atom stereocenters. The number of hydrogen-bond donors (Lipinski definition) is 2. The van der Waals surface area contributed by atoms with E-state index in [4.69, 9.17) is 12.2 Å². The average molecular weight is 423 g/mol. The second-order valence-electron chi connectivity index (χ2n) is 5.77. The van der Waals surface area contributed by atoms with Crippen molar-refractivity contribution >= 4 is 43.1 Å². The third kappa shape index (κ3) is 6.47. The lowest BCUT2D eigenvalue weighted by Gasteiger charge is -2.17. The Morgan fingerprint density at radius 2 is 1.81 bits per heavy atom. The van der Waals surface area contributed by atoms with Crippen molar-refractivity contribution in [2.75, 3.05) is 45.3 Å². The molecule has 0 aromatic heterocycles. The van der Waals surface area contributed by atoms with Crippen molar-refractivity contribution in [1.82, 2.24) is 13.9 Å². The first-order valence-corrected chi connectivity index (χ1v) is 11.5.